The largest absolute Gasteiger partial charge is 0.398 e. The summed E-state index contributed by atoms with van der Waals surface area (Å²) in [5.41, 5.74) is 10.1. The van der Waals surface area contributed by atoms with Crippen LogP contribution in [0.5, 0.6) is 0 Å². The van der Waals surface area contributed by atoms with Crippen LogP contribution in [-0.4, -0.2) is 14.5 Å². The van der Waals surface area contributed by atoms with Crippen LogP contribution in [0.25, 0.3) is 11.3 Å². The van der Waals surface area contributed by atoms with Crippen LogP contribution in [0.4, 0.5) is 5.69 Å². The third-order valence-electron chi connectivity index (χ3n) is 3.25. The minimum Gasteiger partial charge on any atom is -0.398 e. The number of anilines is 1. The van der Waals surface area contributed by atoms with E-state index in [4.69, 9.17) is 11.0 Å². The van der Waals surface area contributed by atoms with Crippen molar-refractivity contribution in [2.75, 3.05) is 5.73 Å². The van der Waals surface area contributed by atoms with Gasteiger partial charge in [-0.3, -0.25) is 4.98 Å². The van der Waals surface area contributed by atoms with Crippen LogP contribution < -0.4 is 5.73 Å². The van der Waals surface area contributed by atoms with Gasteiger partial charge >= 0.3 is 0 Å². The highest BCUT2D eigenvalue weighted by atomic mass is 15.0. The maximum atomic E-state index is 8.96. The lowest BCUT2D eigenvalue weighted by Crippen LogP contribution is -2.02. The predicted molar refractivity (Wildman–Crippen MR) is 80.1 cm³/mol. The molecule has 21 heavy (non-hydrogen) atoms. The molecule has 0 aliphatic rings. The number of nitrogens with two attached hydrogens (primary N) is 1. The molecule has 0 atom stereocenters. The minimum absolute atomic E-state index is 0.624. The van der Waals surface area contributed by atoms with E-state index in [0.29, 0.717) is 17.8 Å². The van der Waals surface area contributed by atoms with E-state index in [1.807, 2.05) is 22.8 Å². The van der Waals surface area contributed by atoms with Gasteiger partial charge < -0.3 is 10.3 Å². The van der Waals surface area contributed by atoms with Gasteiger partial charge in [-0.05, 0) is 23.8 Å². The minimum atomic E-state index is 0.624. The number of hydrogen-bond acceptors (Lipinski definition) is 4. The van der Waals surface area contributed by atoms with Crippen LogP contribution >= 0.6 is 0 Å². The van der Waals surface area contributed by atoms with Gasteiger partial charge in [0.1, 0.15) is 0 Å². The maximum absolute atomic E-state index is 8.96. The summed E-state index contributed by atoms with van der Waals surface area (Å²) in [6, 6.07) is 11.4. The Kier molecular flexibility index (Phi) is 3.36. The zero-order valence-corrected chi connectivity index (χ0v) is 11.3. The first-order chi connectivity index (χ1) is 10.3. The van der Waals surface area contributed by atoms with E-state index in [1.165, 1.54) is 0 Å². The molecule has 2 aromatic heterocycles. The molecule has 2 N–H and O–H groups in total. The highest BCUT2D eigenvalue weighted by Gasteiger charge is 2.09. The van der Waals surface area contributed by atoms with E-state index >= 15 is 0 Å². The number of benzene rings is 1. The van der Waals surface area contributed by atoms with E-state index in [1.54, 1.807) is 37.1 Å². The summed E-state index contributed by atoms with van der Waals surface area (Å²) in [4.78, 5) is 8.31. The van der Waals surface area contributed by atoms with E-state index in [0.717, 1.165) is 16.8 Å². The van der Waals surface area contributed by atoms with Crippen LogP contribution in [-0.2, 0) is 6.54 Å². The predicted octanol–water partition coefficient (Wildman–Crippen LogP) is 2.45. The van der Waals surface area contributed by atoms with Gasteiger partial charge in [0.05, 0.1) is 29.9 Å². The fourth-order valence-electron chi connectivity index (χ4n) is 2.23. The lowest BCUT2D eigenvalue weighted by atomic mass is 10.1. The normalized spacial score (nSPS) is 10.2. The number of imidazole rings is 1. The van der Waals surface area contributed by atoms with Crippen molar-refractivity contribution in [1.29, 1.82) is 5.26 Å². The Labute approximate surface area is 122 Å². The molecule has 0 saturated heterocycles. The summed E-state index contributed by atoms with van der Waals surface area (Å²) in [7, 11) is 0. The molecule has 5 nitrogen and oxygen atoms in total. The van der Waals surface area contributed by atoms with Crippen molar-refractivity contribution in [2.24, 2.45) is 0 Å². The quantitative estimate of drug-likeness (QED) is 0.796. The summed E-state index contributed by atoms with van der Waals surface area (Å²) in [5.74, 6) is 0. The average molecular weight is 275 g/mol. The summed E-state index contributed by atoms with van der Waals surface area (Å²) in [6.07, 6.45) is 6.91. The zero-order valence-electron chi connectivity index (χ0n) is 11.3. The summed E-state index contributed by atoms with van der Waals surface area (Å²) in [5, 5.41) is 8.96. The van der Waals surface area contributed by atoms with Crippen LogP contribution in [0, 0.1) is 11.3 Å². The van der Waals surface area contributed by atoms with Crippen LogP contribution in [0.15, 0.2) is 55.2 Å². The van der Waals surface area contributed by atoms with E-state index in [9.17, 15) is 0 Å². The summed E-state index contributed by atoms with van der Waals surface area (Å²) >= 11 is 0. The Morgan fingerprint density at radius 1 is 1.19 bits per heavy atom. The van der Waals surface area contributed by atoms with Crippen LogP contribution in [0.2, 0.25) is 0 Å². The molecule has 0 spiro atoms. The molecule has 0 fully saturated rings. The number of aromatic nitrogens is 3. The second-order valence-corrected chi connectivity index (χ2v) is 4.68. The van der Waals surface area contributed by atoms with Gasteiger partial charge in [-0.25, -0.2) is 4.98 Å². The molecule has 2 heterocycles. The van der Waals surface area contributed by atoms with Gasteiger partial charge in [0.15, 0.2) is 0 Å². The number of nitriles is 1. The first-order valence-corrected chi connectivity index (χ1v) is 6.47. The van der Waals surface area contributed by atoms with Gasteiger partial charge in [0.25, 0.3) is 0 Å². The molecule has 3 rings (SSSR count). The molecule has 0 unspecified atom stereocenters. The van der Waals surface area contributed by atoms with E-state index in [2.05, 4.69) is 16.0 Å². The number of rotatable bonds is 3. The highest BCUT2D eigenvalue weighted by molar-refractivity contribution is 5.72. The van der Waals surface area contributed by atoms with Crippen molar-refractivity contribution in [3.63, 3.8) is 0 Å². The third kappa shape index (κ3) is 2.60. The first-order valence-electron chi connectivity index (χ1n) is 6.47. The van der Waals surface area contributed by atoms with Crippen molar-refractivity contribution < 1.29 is 0 Å². The van der Waals surface area contributed by atoms with Gasteiger partial charge in [0, 0.05) is 30.2 Å². The van der Waals surface area contributed by atoms with Crippen molar-refractivity contribution >= 4 is 5.69 Å². The molecule has 0 bridgehead atoms. The van der Waals surface area contributed by atoms with Crippen molar-refractivity contribution in [3.8, 4) is 17.3 Å². The van der Waals surface area contributed by atoms with Crippen molar-refractivity contribution in [2.45, 2.75) is 6.54 Å². The number of nitrogens with zero attached hydrogens (tertiary/aromatic N) is 4. The van der Waals surface area contributed by atoms with Crippen molar-refractivity contribution in [1.82, 2.24) is 14.5 Å². The summed E-state index contributed by atoms with van der Waals surface area (Å²) in [6.45, 7) is 0.624. The number of nitrogen functional groups attached to an aromatic ring is 1. The third-order valence-corrected chi connectivity index (χ3v) is 3.25. The Morgan fingerprint density at radius 2 is 2.10 bits per heavy atom. The molecular formula is C16H13N5. The molecule has 102 valence electrons. The first kappa shape index (κ1) is 12.9. The second kappa shape index (κ2) is 5.47. The molecule has 1 aromatic carbocycles. The molecule has 0 aliphatic carbocycles. The van der Waals surface area contributed by atoms with Gasteiger partial charge in [-0.1, -0.05) is 12.1 Å². The smallest absolute Gasteiger partial charge is 0.0991 e. The fraction of sp³-hybridized carbons (Fsp3) is 0.0625. The second-order valence-electron chi connectivity index (χ2n) is 4.68. The van der Waals surface area contributed by atoms with Gasteiger partial charge in [-0.2, -0.15) is 5.26 Å². The summed E-state index contributed by atoms with van der Waals surface area (Å²) < 4.78 is 1.99. The average Bonchev–Trinajstić information content (AvgIpc) is 2.96. The number of pyridine rings is 1. The Balaban J connectivity index is 1.97. The standard InChI is InChI=1S/C16H13N5/c17-7-12-2-1-3-13(6-12)10-21-11-20-9-16(21)14-8-19-5-4-15(14)18/h1-6,8-9,11H,10H2,(H2,18,19). The Hall–Kier alpha value is -3.13. The van der Waals surface area contributed by atoms with Crippen LogP contribution in [0.3, 0.4) is 0 Å². The topological polar surface area (TPSA) is 80.5 Å². The lowest BCUT2D eigenvalue weighted by Gasteiger charge is -2.10. The SMILES string of the molecule is N#Cc1cccc(Cn2cncc2-c2cnccc2N)c1. The molecule has 0 radical (unpaired) electrons. The Morgan fingerprint density at radius 3 is 2.90 bits per heavy atom. The zero-order chi connectivity index (χ0) is 14.7. The molecule has 0 saturated carbocycles. The highest BCUT2D eigenvalue weighted by Crippen LogP contribution is 2.24. The molecule has 3 aromatic rings. The van der Waals surface area contributed by atoms with Gasteiger partial charge in [0.2, 0.25) is 0 Å². The van der Waals surface area contributed by atoms with Crippen LogP contribution in [0.1, 0.15) is 11.1 Å². The van der Waals surface area contributed by atoms with Gasteiger partial charge in [-0.15, -0.1) is 0 Å². The monoisotopic (exact) mass is 275 g/mol. The lowest BCUT2D eigenvalue weighted by molar-refractivity contribution is 0.804. The fourth-order valence-corrected chi connectivity index (χ4v) is 2.23. The molecular weight excluding hydrogens is 262 g/mol. The molecule has 0 aliphatic heterocycles. The Bertz CT molecular complexity index is 813. The number of hydrogen-bond donors (Lipinski definition) is 1. The van der Waals surface area contributed by atoms with Crippen molar-refractivity contribution in [3.05, 3.63) is 66.4 Å². The maximum Gasteiger partial charge on any atom is 0.0991 e. The van der Waals surface area contributed by atoms with E-state index < -0.39 is 0 Å². The van der Waals surface area contributed by atoms with E-state index in [-0.39, 0.29) is 0 Å². The molecule has 5 heteroatoms. The molecule has 0 amide bonds.